The summed E-state index contributed by atoms with van der Waals surface area (Å²) in [5, 5.41) is 9.21. The van der Waals surface area contributed by atoms with Gasteiger partial charge in [-0.2, -0.15) is 0 Å². The first-order chi connectivity index (χ1) is 8.09. The number of aliphatic carboxylic acids is 1. The molecule has 0 aromatic carbocycles. The molecule has 1 saturated carbocycles. The molecule has 4 heteroatoms. The van der Waals surface area contributed by atoms with E-state index in [2.05, 4.69) is 23.9 Å². The minimum Gasteiger partial charge on any atom is -0.481 e. The van der Waals surface area contributed by atoms with E-state index in [1.54, 1.807) is 0 Å². The van der Waals surface area contributed by atoms with Crippen LogP contribution in [0, 0.1) is 5.92 Å². The summed E-state index contributed by atoms with van der Waals surface area (Å²) in [7, 11) is 4.27. The van der Waals surface area contributed by atoms with Crippen molar-refractivity contribution in [2.45, 2.75) is 44.2 Å². The summed E-state index contributed by atoms with van der Waals surface area (Å²) in [5.41, 5.74) is 0. The molecule has 2 aliphatic rings. The lowest BCUT2D eigenvalue weighted by molar-refractivity contribution is -0.143. The van der Waals surface area contributed by atoms with Crippen molar-refractivity contribution in [2.24, 2.45) is 5.92 Å². The third-order valence-corrected chi connectivity index (χ3v) is 4.53. The Labute approximate surface area is 104 Å². The van der Waals surface area contributed by atoms with Crippen LogP contribution in [0.25, 0.3) is 0 Å². The monoisotopic (exact) mass is 240 g/mol. The predicted molar refractivity (Wildman–Crippen MR) is 67.0 cm³/mol. The Morgan fingerprint density at radius 3 is 2.71 bits per heavy atom. The molecule has 1 saturated heterocycles. The zero-order valence-electron chi connectivity index (χ0n) is 10.9. The van der Waals surface area contributed by atoms with Crippen LogP contribution in [-0.2, 0) is 4.79 Å². The molecule has 0 amide bonds. The highest BCUT2D eigenvalue weighted by atomic mass is 16.4. The summed E-state index contributed by atoms with van der Waals surface area (Å²) in [5.74, 6) is -0.758. The zero-order valence-corrected chi connectivity index (χ0v) is 10.9. The summed E-state index contributed by atoms with van der Waals surface area (Å²) >= 11 is 0. The molecule has 0 aromatic heterocycles. The molecule has 0 radical (unpaired) electrons. The Morgan fingerprint density at radius 1 is 1.35 bits per heavy atom. The van der Waals surface area contributed by atoms with Gasteiger partial charge in [-0.15, -0.1) is 0 Å². The molecule has 1 heterocycles. The molecule has 4 nitrogen and oxygen atoms in total. The first kappa shape index (κ1) is 12.8. The van der Waals surface area contributed by atoms with Crippen molar-refractivity contribution in [3.8, 4) is 0 Å². The standard InChI is InChI=1S/C13H24N2O2/c1-14-8-4-5-10(14)9-15(2)12-7-3-6-11(12)13(16)17/h10-12H,3-9H2,1-2H3,(H,16,17). The van der Waals surface area contributed by atoms with Gasteiger partial charge in [-0.05, 0) is 46.3 Å². The minimum absolute atomic E-state index is 0.147. The van der Waals surface area contributed by atoms with Crippen LogP contribution < -0.4 is 0 Å². The molecule has 0 spiro atoms. The number of rotatable bonds is 4. The molecule has 2 rings (SSSR count). The fourth-order valence-electron chi connectivity index (χ4n) is 3.43. The quantitative estimate of drug-likeness (QED) is 0.803. The van der Waals surface area contributed by atoms with Crippen LogP contribution in [0.15, 0.2) is 0 Å². The van der Waals surface area contributed by atoms with Crippen molar-refractivity contribution in [1.29, 1.82) is 0 Å². The molecule has 2 fully saturated rings. The van der Waals surface area contributed by atoms with Crippen LogP contribution in [0.5, 0.6) is 0 Å². The van der Waals surface area contributed by atoms with E-state index in [9.17, 15) is 9.90 Å². The fourth-order valence-corrected chi connectivity index (χ4v) is 3.43. The van der Waals surface area contributed by atoms with E-state index < -0.39 is 5.97 Å². The smallest absolute Gasteiger partial charge is 0.308 e. The van der Waals surface area contributed by atoms with Gasteiger partial charge in [-0.25, -0.2) is 0 Å². The third kappa shape index (κ3) is 2.80. The first-order valence-corrected chi connectivity index (χ1v) is 6.73. The largest absolute Gasteiger partial charge is 0.481 e. The number of likely N-dealkylation sites (N-methyl/N-ethyl adjacent to an activating group) is 2. The molecule has 1 aliphatic carbocycles. The SMILES string of the molecule is CN1CCCC1CN(C)C1CCCC1C(=O)O. The Bertz CT molecular complexity index is 283. The predicted octanol–water partition coefficient (Wildman–Crippen LogP) is 1.27. The molecule has 3 atom stereocenters. The number of carbonyl (C=O) groups is 1. The highest BCUT2D eigenvalue weighted by Gasteiger charge is 2.36. The summed E-state index contributed by atoms with van der Waals surface area (Å²) in [6.07, 6.45) is 5.49. The average molecular weight is 240 g/mol. The summed E-state index contributed by atoms with van der Waals surface area (Å²) in [6, 6.07) is 0.872. The molecule has 98 valence electrons. The lowest BCUT2D eigenvalue weighted by Crippen LogP contribution is -2.44. The first-order valence-electron chi connectivity index (χ1n) is 6.73. The van der Waals surface area contributed by atoms with Crippen LogP contribution in [0.1, 0.15) is 32.1 Å². The highest BCUT2D eigenvalue weighted by molar-refractivity contribution is 5.71. The normalized spacial score (nSPS) is 34.6. The topological polar surface area (TPSA) is 43.8 Å². The Kier molecular flexibility index (Phi) is 4.05. The molecule has 0 aromatic rings. The number of likely N-dealkylation sites (tertiary alicyclic amines) is 1. The van der Waals surface area contributed by atoms with Gasteiger partial charge in [0.25, 0.3) is 0 Å². The van der Waals surface area contributed by atoms with Gasteiger partial charge in [0.05, 0.1) is 5.92 Å². The van der Waals surface area contributed by atoms with Gasteiger partial charge in [0.15, 0.2) is 0 Å². The van der Waals surface area contributed by atoms with Gasteiger partial charge in [0, 0.05) is 18.6 Å². The van der Waals surface area contributed by atoms with Crippen LogP contribution in [0.2, 0.25) is 0 Å². The zero-order chi connectivity index (χ0) is 12.4. The molecule has 0 bridgehead atoms. The molecular weight excluding hydrogens is 216 g/mol. The van der Waals surface area contributed by atoms with E-state index in [1.807, 2.05) is 0 Å². The van der Waals surface area contributed by atoms with Crippen LogP contribution in [0.3, 0.4) is 0 Å². The molecule has 17 heavy (non-hydrogen) atoms. The second-order valence-corrected chi connectivity index (χ2v) is 5.66. The molecular formula is C13H24N2O2. The van der Waals surface area contributed by atoms with E-state index >= 15 is 0 Å². The van der Waals surface area contributed by atoms with Gasteiger partial charge >= 0.3 is 5.97 Å². The Balaban J connectivity index is 1.90. The second-order valence-electron chi connectivity index (χ2n) is 5.66. The number of nitrogens with zero attached hydrogens (tertiary/aromatic N) is 2. The highest BCUT2D eigenvalue weighted by Crippen LogP contribution is 2.30. The lowest BCUT2D eigenvalue weighted by Gasteiger charge is -2.32. The van der Waals surface area contributed by atoms with Crippen LogP contribution in [-0.4, -0.2) is 60.1 Å². The lowest BCUT2D eigenvalue weighted by atomic mass is 10.0. The van der Waals surface area contributed by atoms with E-state index in [0.29, 0.717) is 6.04 Å². The molecule has 1 aliphatic heterocycles. The van der Waals surface area contributed by atoms with E-state index in [-0.39, 0.29) is 12.0 Å². The van der Waals surface area contributed by atoms with E-state index in [1.165, 1.54) is 19.4 Å². The molecule has 3 unspecified atom stereocenters. The summed E-state index contributed by atoms with van der Waals surface area (Å²) < 4.78 is 0. The maximum Gasteiger partial charge on any atom is 0.308 e. The van der Waals surface area contributed by atoms with Crippen molar-refractivity contribution in [3.05, 3.63) is 0 Å². The number of hydrogen-bond acceptors (Lipinski definition) is 3. The average Bonchev–Trinajstić information content (AvgIpc) is 2.87. The summed E-state index contributed by atoms with van der Waals surface area (Å²) in [4.78, 5) is 15.9. The maximum atomic E-state index is 11.2. The number of hydrogen-bond donors (Lipinski definition) is 1. The number of carboxylic acid groups (broad SMARTS) is 1. The van der Waals surface area contributed by atoms with Crippen molar-refractivity contribution in [3.63, 3.8) is 0 Å². The van der Waals surface area contributed by atoms with E-state index in [0.717, 1.165) is 25.8 Å². The van der Waals surface area contributed by atoms with E-state index in [4.69, 9.17) is 0 Å². The van der Waals surface area contributed by atoms with Crippen molar-refractivity contribution in [1.82, 2.24) is 9.80 Å². The molecule has 1 N–H and O–H groups in total. The van der Waals surface area contributed by atoms with Crippen molar-refractivity contribution in [2.75, 3.05) is 27.2 Å². The third-order valence-electron chi connectivity index (χ3n) is 4.53. The van der Waals surface area contributed by atoms with Crippen molar-refractivity contribution >= 4 is 5.97 Å². The van der Waals surface area contributed by atoms with Crippen molar-refractivity contribution < 1.29 is 9.90 Å². The van der Waals surface area contributed by atoms with Gasteiger partial charge in [0.1, 0.15) is 0 Å². The summed E-state index contributed by atoms with van der Waals surface area (Å²) in [6.45, 7) is 2.20. The minimum atomic E-state index is -0.612. The maximum absolute atomic E-state index is 11.2. The van der Waals surface area contributed by atoms with Crippen LogP contribution >= 0.6 is 0 Å². The second kappa shape index (κ2) is 5.36. The fraction of sp³-hybridized carbons (Fsp3) is 0.923. The van der Waals surface area contributed by atoms with Gasteiger partial charge in [-0.3, -0.25) is 4.79 Å². The van der Waals surface area contributed by atoms with Crippen LogP contribution in [0.4, 0.5) is 0 Å². The number of carboxylic acids is 1. The Hall–Kier alpha value is -0.610. The van der Waals surface area contributed by atoms with Gasteiger partial charge in [0.2, 0.25) is 0 Å². The Morgan fingerprint density at radius 2 is 2.12 bits per heavy atom. The van der Waals surface area contributed by atoms with Gasteiger partial charge in [-0.1, -0.05) is 6.42 Å². The van der Waals surface area contributed by atoms with Gasteiger partial charge < -0.3 is 14.9 Å².